The summed E-state index contributed by atoms with van der Waals surface area (Å²) >= 11 is 0. The minimum atomic E-state index is -0.0277. The van der Waals surface area contributed by atoms with Crippen LogP contribution in [-0.2, 0) is 0 Å². The fourth-order valence-corrected chi connectivity index (χ4v) is 1.40. The molecule has 0 aromatic carbocycles. The van der Waals surface area contributed by atoms with E-state index in [0.29, 0.717) is 24.0 Å². The van der Waals surface area contributed by atoms with E-state index >= 15 is 0 Å². The second kappa shape index (κ2) is 5.61. The Labute approximate surface area is 102 Å². The van der Waals surface area contributed by atoms with Crippen molar-refractivity contribution in [2.45, 2.75) is 34.1 Å². The Morgan fingerprint density at radius 2 is 2.00 bits per heavy atom. The van der Waals surface area contributed by atoms with Crippen LogP contribution in [0.1, 0.15) is 37.1 Å². The Balaban J connectivity index is 2.91. The van der Waals surface area contributed by atoms with Crippen molar-refractivity contribution in [3.8, 4) is 5.88 Å². The molecular formula is C12H20N4O. The first kappa shape index (κ1) is 13.4. The summed E-state index contributed by atoms with van der Waals surface area (Å²) in [7, 11) is 0. The van der Waals surface area contributed by atoms with Crippen molar-refractivity contribution in [1.29, 1.82) is 5.41 Å². The van der Waals surface area contributed by atoms with Crippen molar-refractivity contribution < 1.29 is 4.74 Å². The molecule has 0 amide bonds. The van der Waals surface area contributed by atoms with Crippen LogP contribution in [0.25, 0.3) is 0 Å². The molecule has 1 aromatic rings. The molecule has 5 heteroatoms. The number of nitrogens with one attached hydrogen (secondary N) is 1. The van der Waals surface area contributed by atoms with Gasteiger partial charge in [-0.3, -0.25) is 5.41 Å². The summed E-state index contributed by atoms with van der Waals surface area (Å²) in [6, 6.07) is 0. The molecule has 0 saturated carbocycles. The van der Waals surface area contributed by atoms with Crippen molar-refractivity contribution in [1.82, 2.24) is 10.2 Å². The second-order valence-corrected chi connectivity index (χ2v) is 4.54. The molecule has 0 bridgehead atoms. The van der Waals surface area contributed by atoms with Crippen LogP contribution in [0.3, 0.4) is 0 Å². The fraction of sp³-hybridized carbons (Fsp3) is 0.583. The molecule has 1 aromatic heterocycles. The zero-order valence-electron chi connectivity index (χ0n) is 10.9. The molecule has 3 N–H and O–H groups in total. The second-order valence-electron chi connectivity index (χ2n) is 4.54. The van der Waals surface area contributed by atoms with E-state index in [1.54, 1.807) is 0 Å². The van der Waals surface area contributed by atoms with Gasteiger partial charge in [0.25, 0.3) is 0 Å². The highest BCUT2D eigenvalue weighted by Crippen LogP contribution is 2.20. The number of rotatable bonds is 5. The average molecular weight is 236 g/mol. The highest BCUT2D eigenvalue weighted by atomic mass is 16.5. The number of nitrogens with zero attached hydrogens (tertiary/aromatic N) is 2. The standard InChI is InChI=1S/C12H20N4O/c1-7(2)5-6-17-12-10(11(13)14)8(3)9(4)15-16-12/h7H,5-6H2,1-4H3,(H3,13,14). The molecule has 5 nitrogen and oxygen atoms in total. The first-order valence-corrected chi connectivity index (χ1v) is 5.74. The third-order valence-corrected chi connectivity index (χ3v) is 2.63. The molecule has 0 spiro atoms. The van der Waals surface area contributed by atoms with E-state index in [9.17, 15) is 0 Å². The van der Waals surface area contributed by atoms with Crippen LogP contribution in [-0.4, -0.2) is 22.6 Å². The van der Waals surface area contributed by atoms with Crippen molar-refractivity contribution in [3.63, 3.8) is 0 Å². The number of nitrogen functional groups attached to an aromatic ring is 1. The van der Waals surface area contributed by atoms with Crippen molar-refractivity contribution >= 4 is 5.84 Å². The van der Waals surface area contributed by atoms with E-state index in [1.165, 1.54) is 0 Å². The van der Waals surface area contributed by atoms with E-state index in [0.717, 1.165) is 17.7 Å². The van der Waals surface area contributed by atoms with Gasteiger partial charge in [0, 0.05) is 0 Å². The van der Waals surface area contributed by atoms with Crippen LogP contribution in [0.4, 0.5) is 0 Å². The smallest absolute Gasteiger partial charge is 0.244 e. The Hall–Kier alpha value is -1.65. The molecule has 0 saturated heterocycles. The largest absolute Gasteiger partial charge is 0.476 e. The van der Waals surface area contributed by atoms with Crippen LogP contribution in [0.2, 0.25) is 0 Å². The third-order valence-electron chi connectivity index (χ3n) is 2.63. The van der Waals surface area contributed by atoms with Crippen molar-refractivity contribution in [2.75, 3.05) is 6.61 Å². The van der Waals surface area contributed by atoms with Crippen LogP contribution in [0, 0.1) is 25.2 Å². The number of aromatic nitrogens is 2. The average Bonchev–Trinajstić information content (AvgIpc) is 2.22. The summed E-state index contributed by atoms with van der Waals surface area (Å²) in [5.74, 6) is 0.900. The fourth-order valence-electron chi connectivity index (χ4n) is 1.40. The molecule has 0 aliphatic rings. The maximum Gasteiger partial charge on any atom is 0.244 e. The van der Waals surface area contributed by atoms with E-state index in [1.807, 2.05) is 13.8 Å². The van der Waals surface area contributed by atoms with E-state index in [4.69, 9.17) is 15.9 Å². The molecule has 0 unspecified atom stereocenters. The molecule has 1 heterocycles. The number of nitrogens with two attached hydrogens (primary N) is 1. The zero-order valence-corrected chi connectivity index (χ0v) is 10.9. The summed E-state index contributed by atoms with van der Waals surface area (Å²) in [5, 5.41) is 15.5. The maximum absolute atomic E-state index is 7.56. The van der Waals surface area contributed by atoms with Gasteiger partial charge in [-0.15, -0.1) is 5.10 Å². The minimum Gasteiger partial charge on any atom is -0.476 e. The topological polar surface area (TPSA) is 84.9 Å². The van der Waals surface area contributed by atoms with Gasteiger partial charge in [0.15, 0.2) is 0 Å². The van der Waals surface area contributed by atoms with Gasteiger partial charge >= 0.3 is 0 Å². The first-order chi connectivity index (χ1) is 7.93. The predicted octanol–water partition coefficient (Wildman–Crippen LogP) is 1.80. The van der Waals surface area contributed by atoms with Crippen LogP contribution in [0.5, 0.6) is 5.88 Å². The summed E-state index contributed by atoms with van der Waals surface area (Å²) in [5.41, 5.74) is 7.73. The van der Waals surface area contributed by atoms with Gasteiger partial charge in [-0.05, 0) is 31.7 Å². The lowest BCUT2D eigenvalue weighted by Gasteiger charge is -2.13. The summed E-state index contributed by atoms with van der Waals surface area (Å²) in [6.07, 6.45) is 0.936. The lowest BCUT2D eigenvalue weighted by Crippen LogP contribution is -2.18. The first-order valence-electron chi connectivity index (χ1n) is 5.74. The molecule has 0 radical (unpaired) electrons. The highest BCUT2D eigenvalue weighted by Gasteiger charge is 2.14. The predicted molar refractivity (Wildman–Crippen MR) is 67.5 cm³/mol. The highest BCUT2D eigenvalue weighted by molar-refractivity contribution is 5.98. The summed E-state index contributed by atoms with van der Waals surface area (Å²) in [4.78, 5) is 0. The van der Waals surface area contributed by atoms with Gasteiger partial charge < -0.3 is 10.5 Å². The molecule has 17 heavy (non-hydrogen) atoms. The van der Waals surface area contributed by atoms with E-state index in [2.05, 4.69) is 24.0 Å². The maximum atomic E-state index is 7.56. The molecular weight excluding hydrogens is 216 g/mol. The molecule has 0 fully saturated rings. The Morgan fingerprint density at radius 3 is 2.53 bits per heavy atom. The quantitative estimate of drug-likeness (QED) is 0.603. The number of hydrogen-bond donors (Lipinski definition) is 2. The van der Waals surface area contributed by atoms with Crippen LogP contribution >= 0.6 is 0 Å². The molecule has 0 aliphatic heterocycles. The molecule has 0 aliphatic carbocycles. The lowest BCUT2D eigenvalue weighted by molar-refractivity contribution is 0.275. The van der Waals surface area contributed by atoms with Crippen LogP contribution < -0.4 is 10.5 Å². The SMILES string of the molecule is Cc1nnc(OCCC(C)C)c(C(=N)N)c1C. The van der Waals surface area contributed by atoms with Gasteiger partial charge in [-0.1, -0.05) is 13.8 Å². The third kappa shape index (κ3) is 3.41. The van der Waals surface area contributed by atoms with Crippen LogP contribution in [0.15, 0.2) is 0 Å². The Bertz CT molecular complexity index is 415. The van der Waals surface area contributed by atoms with Gasteiger partial charge in [0.2, 0.25) is 5.88 Å². The normalized spacial score (nSPS) is 10.6. The number of hydrogen-bond acceptors (Lipinski definition) is 4. The van der Waals surface area contributed by atoms with Crippen molar-refractivity contribution in [3.05, 3.63) is 16.8 Å². The summed E-state index contributed by atoms with van der Waals surface area (Å²) in [6.45, 7) is 8.53. The molecule has 94 valence electrons. The van der Waals surface area contributed by atoms with Gasteiger partial charge in [-0.2, -0.15) is 5.10 Å². The van der Waals surface area contributed by atoms with Crippen molar-refractivity contribution in [2.24, 2.45) is 11.7 Å². The zero-order chi connectivity index (χ0) is 13.0. The number of amidine groups is 1. The van der Waals surface area contributed by atoms with E-state index in [-0.39, 0.29) is 5.84 Å². The Kier molecular flexibility index (Phi) is 4.43. The monoisotopic (exact) mass is 236 g/mol. The molecule has 0 atom stereocenters. The van der Waals surface area contributed by atoms with E-state index < -0.39 is 0 Å². The van der Waals surface area contributed by atoms with Gasteiger partial charge in [0.05, 0.1) is 17.9 Å². The lowest BCUT2D eigenvalue weighted by atomic mass is 10.1. The minimum absolute atomic E-state index is 0.0277. The molecule has 1 rings (SSSR count). The van der Waals surface area contributed by atoms with Gasteiger partial charge in [0.1, 0.15) is 5.84 Å². The number of ether oxygens (including phenoxy) is 1. The van der Waals surface area contributed by atoms with Gasteiger partial charge in [-0.25, -0.2) is 0 Å². The summed E-state index contributed by atoms with van der Waals surface area (Å²) < 4.78 is 5.55. The Morgan fingerprint density at radius 1 is 1.35 bits per heavy atom. The number of aryl methyl sites for hydroxylation is 1.